The lowest BCUT2D eigenvalue weighted by Crippen LogP contribution is -1.79. The summed E-state index contributed by atoms with van der Waals surface area (Å²) in [4.78, 5) is 0. The molecular weight excluding hydrogens is 152 g/mol. The standard InChI is InChI=1S/C10H10O2/c1-3-7-5-8(4-2)10(12)6-9(7)11/h3-6,11-12H,1-2H2. The van der Waals surface area contributed by atoms with Gasteiger partial charge >= 0.3 is 0 Å². The van der Waals surface area contributed by atoms with Crippen LogP contribution in [0.4, 0.5) is 0 Å². The van der Waals surface area contributed by atoms with Gasteiger partial charge in [-0.3, -0.25) is 0 Å². The zero-order chi connectivity index (χ0) is 9.14. The van der Waals surface area contributed by atoms with Crippen LogP contribution in [0.15, 0.2) is 25.3 Å². The lowest BCUT2D eigenvalue weighted by atomic mass is 10.1. The van der Waals surface area contributed by atoms with E-state index in [2.05, 4.69) is 13.2 Å². The maximum atomic E-state index is 9.25. The fraction of sp³-hybridized carbons (Fsp3) is 0. The predicted molar refractivity (Wildman–Crippen MR) is 50.0 cm³/mol. The summed E-state index contributed by atoms with van der Waals surface area (Å²) in [6, 6.07) is 2.89. The summed E-state index contributed by atoms with van der Waals surface area (Å²) >= 11 is 0. The molecule has 0 unspecified atom stereocenters. The van der Waals surface area contributed by atoms with E-state index in [0.29, 0.717) is 11.1 Å². The van der Waals surface area contributed by atoms with E-state index in [4.69, 9.17) is 0 Å². The number of rotatable bonds is 2. The Morgan fingerprint density at radius 1 is 0.917 bits per heavy atom. The minimum absolute atomic E-state index is 0.0214. The fourth-order valence-electron chi connectivity index (χ4n) is 0.939. The van der Waals surface area contributed by atoms with E-state index in [1.165, 1.54) is 18.2 Å². The van der Waals surface area contributed by atoms with Gasteiger partial charge in [0.2, 0.25) is 0 Å². The van der Waals surface area contributed by atoms with E-state index >= 15 is 0 Å². The Labute approximate surface area is 71.1 Å². The van der Waals surface area contributed by atoms with Gasteiger partial charge in [-0.1, -0.05) is 25.3 Å². The molecule has 0 amide bonds. The van der Waals surface area contributed by atoms with Crippen LogP contribution in [0.25, 0.3) is 12.2 Å². The van der Waals surface area contributed by atoms with Crippen molar-refractivity contribution in [2.45, 2.75) is 0 Å². The molecule has 1 aromatic carbocycles. The number of phenols is 2. The molecule has 0 radical (unpaired) electrons. The summed E-state index contributed by atoms with van der Waals surface area (Å²) in [6.45, 7) is 7.04. The normalized spacial score (nSPS) is 9.33. The molecule has 0 saturated heterocycles. The van der Waals surface area contributed by atoms with Gasteiger partial charge in [-0.2, -0.15) is 0 Å². The summed E-state index contributed by atoms with van der Waals surface area (Å²) in [7, 11) is 0. The molecule has 0 aromatic heterocycles. The Balaban J connectivity index is 3.36. The average Bonchev–Trinajstić information content (AvgIpc) is 2.05. The maximum Gasteiger partial charge on any atom is 0.126 e. The highest BCUT2D eigenvalue weighted by molar-refractivity contribution is 5.66. The van der Waals surface area contributed by atoms with Gasteiger partial charge in [0, 0.05) is 17.2 Å². The Hall–Kier alpha value is -1.70. The number of phenolic OH excluding ortho intramolecular Hbond substituents is 2. The Bertz CT molecular complexity index is 298. The van der Waals surface area contributed by atoms with Crippen molar-refractivity contribution in [2.75, 3.05) is 0 Å². The minimum atomic E-state index is 0.0214. The van der Waals surface area contributed by atoms with E-state index in [1.807, 2.05) is 0 Å². The first-order valence-electron chi connectivity index (χ1n) is 3.50. The molecule has 0 bridgehead atoms. The zero-order valence-electron chi connectivity index (χ0n) is 6.62. The molecule has 12 heavy (non-hydrogen) atoms. The Morgan fingerprint density at radius 2 is 1.33 bits per heavy atom. The van der Waals surface area contributed by atoms with Crippen LogP contribution in [0, 0.1) is 0 Å². The topological polar surface area (TPSA) is 40.5 Å². The van der Waals surface area contributed by atoms with E-state index in [-0.39, 0.29) is 11.5 Å². The zero-order valence-corrected chi connectivity index (χ0v) is 6.62. The minimum Gasteiger partial charge on any atom is -0.507 e. The molecule has 62 valence electrons. The molecular formula is C10H10O2. The maximum absolute atomic E-state index is 9.25. The Morgan fingerprint density at radius 3 is 1.67 bits per heavy atom. The van der Waals surface area contributed by atoms with Crippen molar-refractivity contribution in [1.29, 1.82) is 0 Å². The van der Waals surface area contributed by atoms with Crippen molar-refractivity contribution in [3.63, 3.8) is 0 Å². The van der Waals surface area contributed by atoms with Crippen LogP contribution < -0.4 is 0 Å². The third-order valence-corrected chi connectivity index (χ3v) is 1.62. The molecule has 2 N–H and O–H groups in total. The lowest BCUT2D eigenvalue weighted by Gasteiger charge is -2.03. The molecule has 0 heterocycles. The number of hydrogen-bond donors (Lipinski definition) is 2. The molecule has 0 spiro atoms. The summed E-state index contributed by atoms with van der Waals surface area (Å²) in [5.41, 5.74) is 1.17. The second-order valence-electron chi connectivity index (χ2n) is 2.38. The van der Waals surface area contributed by atoms with E-state index in [9.17, 15) is 10.2 Å². The molecule has 0 aliphatic heterocycles. The van der Waals surface area contributed by atoms with Gasteiger partial charge in [0.05, 0.1) is 0 Å². The molecule has 0 atom stereocenters. The van der Waals surface area contributed by atoms with E-state index < -0.39 is 0 Å². The van der Waals surface area contributed by atoms with Gasteiger partial charge in [-0.25, -0.2) is 0 Å². The second kappa shape index (κ2) is 3.13. The van der Waals surface area contributed by atoms with Crippen LogP contribution in [-0.4, -0.2) is 10.2 Å². The monoisotopic (exact) mass is 162 g/mol. The molecule has 1 aromatic rings. The Kier molecular flexibility index (Phi) is 2.19. The highest BCUT2D eigenvalue weighted by Crippen LogP contribution is 2.28. The van der Waals surface area contributed by atoms with Crippen LogP contribution in [-0.2, 0) is 0 Å². The predicted octanol–water partition coefficient (Wildman–Crippen LogP) is 2.38. The van der Waals surface area contributed by atoms with Crippen molar-refractivity contribution in [1.82, 2.24) is 0 Å². The smallest absolute Gasteiger partial charge is 0.126 e. The number of benzene rings is 1. The first-order valence-corrected chi connectivity index (χ1v) is 3.50. The van der Waals surface area contributed by atoms with Gasteiger partial charge in [0.15, 0.2) is 0 Å². The van der Waals surface area contributed by atoms with Crippen LogP contribution >= 0.6 is 0 Å². The van der Waals surface area contributed by atoms with Gasteiger partial charge < -0.3 is 10.2 Å². The van der Waals surface area contributed by atoms with Crippen molar-refractivity contribution in [3.8, 4) is 11.5 Å². The quantitative estimate of drug-likeness (QED) is 0.700. The highest BCUT2D eigenvalue weighted by atomic mass is 16.3. The van der Waals surface area contributed by atoms with Gasteiger partial charge in [-0.05, 0) is 6.07 Å². The second-order valence-corrected chi connectivity index (χ2v) is 2.38. The average molecular weight is 162 g/mol. The number of hydrogen-bond acceptors (Lipinski definition) is 2. The summed E-state index contributed by atoms with van der Waals surface area (Å²) in [5, 5.41) is 18.5. The van der Waals surface area contributed by atoms with Crippen LogP contribution in [0.3, 0.4) is 0 Å². The first-order chi connectivity index (χ1) is 5.69. The first kappa shape index (κ1) is 8.40. The molecule has 2 heteroatoms. The summed E-state index contributed by atoms with van der Waals surface area (Å²) in [5.74, 6) is 0.0428. The third-order valence-electron chi connectivity index (χ3n) is 1.62. The van der Waals surface area contributed by atoms with Crippen molar-refractivity contribution < 1.29 is 10.2 Å². The van der Waals surface area contributed by atoms with Gasteiger partial charge in [0.25, 0.3) is 0 Å². The largest absolute Gasteiger partial charge is 0.507 e. The molecule has 0 aliphatic rings. The van der Waals surface area contributed by atoms with Crippen LogP contribution in [0.1, 0.15) is 11.1 Å². The van der Waals surface area contributed by atoms with Crippen molar-refractivity contribution >= 4 is 12.2 Å². The van der Waals surface area contributed by atoms with Crippen molar-refractivity contribution in [3.05, 3.63) is 36.4 Å². The van der Waals surface area contributed by atoms with Crippen molar-refractivity contribution in [2.24, 2.45) is 0 Å². The molecule has 1 rings (SSSR count). The molecule has 0 aliphatic carbocycles. The van der Waals surface area contributed by atoms with Gasteiger partial charge in [0.1, 0.15) is 11.5 Å². The highest BCUT2D eigenvalue weighted by Gasteiger charge is 2.02. The van der Waals surface area contributed by atoms with E-state index in [0.717, 1.165) is 0 Å². The molecule has 0 fully saturated rings. The van der Waals surface area contributed by atoms with Crippen LogP contribution in [0.5, 0.6) is 11.5 Å². The van der Waals surface area contributed by atoms with Gasteiger partial charge in [-0.15, -0.1) is 0 Å². The SMILES string of the molecule is C=Cc1cc(C=C)c(O)cc1O. The number of aromatic hydroxyl groups is 2. The third kappa shape index (κ3) is 1.32. The van der Waals surface area contributed by atoms with Crippen LogP contribution in [0.2, 0.25) is 0 Å². The summed E-state index contributed by atoms with van der Waals surface area (Å²) < 4.78 is 0. The van der Waals surface area contributed by atoms with E-state index in [1.54, 1.807) is 6.07 Å². The summed E-state index contributed by atoms with van der Waals surface area (Å²) in [6.07, 6.45) is 3.03. The molecule has 0 saturated carbocycles. The fourth-order valence-corrected chi connectivity index (χ4v) is 0.939. The lowest BCUT2D eigenvalue weighted by molar-refractivity contribution is 0.449. The molecule has 2 nitrogen and oxygen atoms in total.